The van der Waals surface area contributed by atoms with Crippen molar-refractivity contribution in [3.05, 3.63) is 98.8 Å². The van der Waals surface area contributed by atoms with Gasteiger partial charge in [0.25, 0.3) is 11.7 Å². The molecule has 1 saturated heterocycles. The molecule has 9 heteroatoms. The summed E-state index contributed by atoms with van der Waals surface area (Å²) >= 11 is 12.4. The lowest BCUT2D eigenvalue weighted by atomic mass is 9.95. The number of benzene rings is 3. The molecular weight excluding hydrogens is 484 g/mol. The van der Waals surface area contributed by atoms with E-state index in [4.69, 9.17) is 27.9 Å². The van der Waals surface area contributed by atoms with Gasteiger partial charge in [-0.1, -0.05) is 47.5 Å². The molecule has 2 N–H and O–H groups in total. The lowest BCUT2D eigenvalue weighted by molar-refractivity contribution is -0.140. The van der Waals surface area contributed by atoms with Crippen molar-refractivity contribution in [2.24, 2.45) is 0 Å². The van der Waals surface area contributed by atoms with E-state index < -0.39 is 29.3 Å². The number of Topliss-reactive ketones (excluding diaryl/α,β-unsaturated/α-hetero) is 1. The Morgan fingerprint density at radius 3 is 2.29 bits per heavy atom. The lowest BCUT2D eigenvalue weighted by Gasteiger charge is -2.25. The SMILES string of the molecule is COc1c(Cl)cc(/C(O)=C2\C(=O)C(=O)N(Cc3ccc(F)cc3)C2c2cccc(O)c2)cc1Cl. The van der Waals surface area contributed by atoms with Crippen molar-refractivity contribution in [3.63, 3.8) is 0 Å². The molecule has 3 aromatic rings. The minimum absolute atomic E-state index is 0.0356. The van der Waals surface area contributed by atoms with E-state index >= 15 is 0 Å². The Morgan fingerprint density at radius 1 is 1.06 bits per heavy atom. The largest absolute Gasteiger partial charge is 0.508 e. The summed E-state index contributed by atoms with van der Waals surface area (Å²) in [5, 5.41) is 21.4. The van der Waals surface area contributed by atoms with Gasteiger partial charge in [-0.2, -0.15) is 0 Å². The smallest absolute Gasteiger partial charge is 0.295 e. The first-order valence-electron chi connectivity index (χ1n) is 10.1. The minimum Gasteiger partial charge on any atom is -0.508 e. The number of carbonyl (C=O) groups is 2. The molecule has 34 heavy (non-hydrogen) atoms. The Kier molecular flexibility index (Phi) is 6.50. The predicted molar refractivity (Wildman–Crippen MR) is 125 cm³/mol. The van der Waals surface area contributed by atoms with Crippen molar-refractivity contribution < 1.29 is 28.9 Å². The summed E-state index contributed by atoms with van der Waals surface area (Å²) in [6, 6.07) is 13.2. The first kappa shape index (κ1) is 23.6. The number of aliphatic hydroxyl groups excluding tert-OH is 1. The Morgan fingerprint density at radius 2 is 1.71 bits per heavy atom. The third kappa shape index (κ3) is 4.32. The standard InChI is InChI=1S/C25H18Cl2FNO5/c1-34-24-18(26)10-15(11-19(24)27)22(31)20-21(14-3-2-4-17(30)9-14)29(25(33)23(20)32)12-13-5-7-16(28)8-6-13/h2-11,21,30-31H,12H2,1H3/b22-20+. The molecule has 1 unspecified atom stereocenters. The van der Waals surface area contributed by atoms with E-state index in [0.29, 0.717) is 11.1 Å². The van der Waals surface area contributed by atoms with E-state index in [2.05, 4.69) is 0 Å². The topological polar surface area (TPSA) is 87.1 Å². The van der Waals surface area contributed by atoms with Gasteiger partial charge in [-0.3, -0.25) is 9.59 Å². The molecule has 1 atom stereocenters. The number of hydrogen-bond donors (Lipinski definition) is 2. The number of phenolic OH excluding ortho intramolecular Hbond substituents is 1. The summed E-state index contributed by atoms with van der Waals surface area (Å²) in [7, 11) is 1.38. The van der Waals surface area contributed by atoms with Crippen LogP contribution in [-0.2, 0) is 16.1 Å². The van der Waals surface area contributed by atoms with Gasteiger partial charge in [0.2, 0.25) is 0 Å². The number of phenols is 1. The van der Waals surface area contributed by atoms with E-state index in [1.54, 1.807) is 12.1 Å². The average molecular weight is 502 g/mol. The molecule has 1 amide bonds. The van der Waals surface area contributed by atoms with Crippen molar-refractivity contribution in [2.75, 3.05) is 7.11 Å². The fraction of sp³-hybridized carbons (Fsp3) is 0.120. The van der Waals surface area contributed by atoms with Gasteiger partial charge in [0.15, 0.2) is 5.75 Å². The molecule has 1 aliphatic rings. The Labute approximate surface area is 204 Å². The molecule has 1 aliphatic heterocycles. The zero-order valence-electron chi connectivity index (χ0n) is 17.8. The monoisotopic (exact) mass is 501 g/mol. The van der Waals surface area contributed by atoms with Crippen molar-refractivity contribution in [2.45, 2.75) is 12.6 Å². The van der Waals surface area contributed by atoms with Gasteiger partial charge in [0.1, 0.15) is 17.3 Å². The van der Waals surface area contributed by atoms with Gasteiger partial charge in [-0.15, -0.1) is 0 Å². The molecule has 4 rings (SSSR count). The highest BCUT2D eigenvalue weighted by atomic mass is 35.5. The van der Waals surface area contributed by atoms with Crippen LogP contribution in [0.4, 0.5) is 4.39 Å². The maximum absolute atomic E-state index is 13.4. The summed E-state index contributed by atoms with van der Waals surface area (Å²) in [4.78, 5) is 27.4. The maximum Gasteiger partial charge on any atom is 0.295 e. The molecule has 174 valence electrons. The Balaban J connectivity index is 1.88. The van der Waals surface area contributed by atoms with Crippen LogP contribution in [0, 0.1) is 5.82 Å². The molecule has 1 fully saturated rings. The second kappa shape index (κ2) is 9.37. The first-order chi connectivity index (χ1) is 16.2. The number of carbonyl (C=O) groups excluding carboxylic acids is 2. The van der Waals surface area contributed by atoms with Crippen molar-refractivity contribution >= 4 is 40.7 Å². The van der Waals surface area contributed by atoms with E-state index in [0.717, 1.165) is 0 Å². The number of halogens is 3. The molecule has 0 aliphatic carbocycles. The van der Waals surface area contributed by atoms with E-state index in [9.17, 15) is 24.2 Å². The second-order valence-corrected chi connectivity index (χ2v) is 8.44. The number of ether oxygens (including phenoxy) is 1. The summed E-state index contributed by atoms with van der Waals surface area (Å²) in [5.74, 6) is -2.59. The normalized spacial score (nSPS) is 17.3. The number of likely N-dealkylation sites (tertiary alicyclic amines) is 1. The first-order valence-corrected chi connectivity index (χ1v) is 10.8. The number of amides is 1. The van der Waals surface area contributed by atoms with Gasteiger partial charge in [0, 0.05) is 12.1 Å². The highest BCUT2D eigenvalue weighted by Gasteiger charge is 2.46. The van der Waals surface area contributed by atoms with E-state index in [1.807, 2.05) is 0 Å². The van der Waals surface area contributed by atoms with Crippen LogP contribution in [0.2, 0.25) is 10.0 Å². The van der Waals surface area contributed by atoms with Crippen molar-refractivity contribution in [1.82, 2.24) is 4.90 Å². The van der Waals surface area contributed by atoms with Gasteiger partial charge in [0.05, 0.1) is 28.8 Å². The third-order valence-electron chi connectivity index (χ3n) is 5.47. The van der Waals surface area contributed by atoms with Crippen LogP contribution >= 0.6 is 23.2 Å². The highest BCUT2D eigenvalue weighted by Crippen LogP contribution is 2.43. The van der Waals surface area contributed by atoms with Gasteiger partial charge in [-0.25, -0.2) is 4.39 Å². The molecule has 1 heterocycles. The molecule has 6 nitrogen and oxygen atoms in total. The van der Waals surface area contributed by atoms with Gasteiger partial charge in [-0.05, 0) is 47.5 Å². The highest BCUT2D eigenvalue weighted by molar-refractivity contribution is 6.46. The lowest BCUT2D eigenvalue weighted by Crippen LogP contribution is -2.29. The van der Waals surface area contributed by atoms with Crippen LogP contribution in [0.25, 0.3) is 5.76 Å². The van der Waals surface area contributed by atoms with E-state index in [-0.39, 0.29) is 39.2 Å². The molecule has 0 spiro atoms. The molecular formula is C25H18Cl2FNO5. The fourth-order valence-corrected chi connectivity index (χ4v) is 4.56. The zero-order valence-corrected chi connectivity index (χ0v) is 19.3. The molecule has 3 aromatic carbocycles. The predicted octanol–water partition coefficient (Wildman–Crippen LogP) is 5.47. The molecule has 0 bridgehead atoms. The quantitative estimate of drug-likeness (QED) is 0.275. The number of hydrogen-bond acceptors (Lipinski definition) is 5. The third-order valence-corrected chi connectivity index (χ3v) is 6.03. The molecule has 0 radical (unpaired) electrons. The van der Waals surface area contributed by atoms with Gasteiger partial charge < -0.3 is 19.8 Å². The second-order valence-electron chi connectivity index (χ2n) is 7.62. The summed E-state index contributed by atoms with van der Waals surface area (Å²) < 4.78 is 18.5. The van der Waals surface area contributed by atoms with E-state index in [1.165, 1.54) is 60.5 Å². The van der Waals surface area contributed by atoms with Crippen molar-refractivity contribution in [1.29, 1.82) is 0 Å². The van der Waals surface area contributed by atoms with Crippen LogP contribution in [0.15, 0.2) is 66.2 Å². The fourth-order valence-electron chi connectivity index (χ4n) is 3.92. The maximum atomic E-state index is 13.4. The summed E-state index contributed by atoms with van der Waals surface area (Å²) in [6.07, 6.45) is 0. The number of methoxy groups -OCH3 is 1. The summed E-state index contributed by atoms with van der Waals surface area (Å²) in [5.41, 5.74) is 0.883. The van der Waals surface area contributed by atoms with Crippen LogP contribution in [0.3, 0.4) is 0 Å². The minimum atomic E-state index is -1.03. The van der Waals surface area contributed by atoms with Crippen LogP contribution in [-0.4, -0.2) is 33.9 Å². The Bertz CT molecular complexity index is 1300. The number of aliphatic hydroxyl groups is 1. The van der Waals surface area contributed by atoms with Crippen LogP contribution in [0.1, 0.15) is 22.7 Å². The zero-order chi connectivity index (χ0) is 24.6. The number of aromatic hydroxyl groups is 1. The Hall–Kier alpha value is -3.55. The number of ketones is 1. The summed E-state index contributed by atoms with van der Waals surface area (Å²) in [6.45, 7) is -0.0356. The molecule has 0 aromatic heterocycles. The van der Waals surface area contributed by atoms with Gasteiger partial charge >= 0.3 is 0 Å². The van der Waals surface area contributed by atoms with Crippen molar-refractivity contribution in [3.8, 4) is 11.5 Å². The molecule has 0 saturated carbocycles. The number of nitrogens with zero attached hydrogens (tertiary/aromatic N) is 1. The number of rotatable bonds is 5. The van der Waals surface area contributed by atoms with Crippen LogP contribution in [0.5, 0.6) is 11.5 Å². The van der Waals surface area contributed by atoms with Crippen LogP contribution < -0.4 is 4.74 Å². The average Bonchev–Trinajstić information content (AvgIpc) is 3.04.